The molecule has 2 heterocycles. The van der Waals surface area contributed by atoms with Gasteiger partial charge in [0.2, 0.25) is 0 Å². The second kappa shape index (κ2) is 10.8. The first-order chi connectivity index (χ1) is 12.0. The van der Waals surface area contributed by atoms with E-state index in [-0.39, 0.29) is 6.61 Å². The van der Waals surface area contributed by atoms with E-state index >= 15 is 0 Å². The second-order valence-corrected chi connectivity index (χ2v) is 8.07. The lowest BCUT2D eigenvalue weighted by Crippen LogP contribution is -2.61. The molecule has 2 unspecified atom stereocenters. The molecule has 0 amide bonds. The van der Waals surface area contributed by atoms with Crippen molar-refractivity contribution in [3.05, 3.63) is 0 Å². The Morgan fingerprint density at radius 3 is 2.56 bits per heavy atom. The van der Waals surface area contributed by atoms with Crippen molar-refractivity contribution in [1.29, 1.82) is 0 Å². The van der Waals surface area contributed by atoms with Crippen molar-refractivity contribution in [3.8, 4) is 0 Å². The number of ether oxygens (including phenoxy) is 1. The van der Waals surface area contributed by atoms with E-state index in [9.17, 15) is 5.11 Å². The minimum atomic E-state index is 0.274. The molecule has 2 fully saturated rings. The Morgan fingerprint density at radius 2 is 1.88 bits per heavy atom. The number of aliphatic hydroxyl groups excluding tert-OH is 1. The van der Waals surface area contributed by atoms with Gasteiger partial charge in [0.15, 0.2) is 0 Å². The van der Waals surface area contributed by atoms with Crippen molar-refractivity contribution in [2.45, 2.75) is 70.2 Å². The molecule has 0 aromatic rings. The van der Waals surface area contributed by atoms with Crippen molar-refractivity contribution < 1.29 is 9.84 Å². The molecule has 148 valence electrons. The average molecular weight is 357 g/mol. The van der Waals surface area contributed by atoms with Crippen molar-refractivity contribution in [2.24, 2.45) is 0 Å². The number of methoxy groups -OCH3 is 1. The molecule has 0 saturated carbocycles. The topological polar surface area (TPSA) is 60.0 Å². The van der Waals surface area contributed by atoms with E-state index in [1.807, 2.05) is 0 Å². The molecular weight excluding hydrogens is 316 g/mol. The fraction of sp³-hybridized carbons (Fsp3) is 1.00. The highest BCUT2D eigenvalue weighted by Crippen LogP contribution is 2.20. The number of nitrogens with one attached hydrogen (secondary N) is 2. The van der Waals surface area contributed by atoms with Crippen LogP contribution in [0.15, 0.2) is 0 Å². The number of piperazine rings is 2. The van der Waals surface area contributed by atoms with Gasteiger partial charge in [0.05, 0.1) is 0 Å². The zero-order valence-corrected chi connectivity index (χ0v) is 16.7. The molecule has 25 heavy (non-hydrogen) atoms. The van der Waals surface area contributed by atoms with E-state index in [4.69, 9.17) is 4.74 Å². The van der Waals surface area contributed by atoms with Crippen LogP contribution in [0.5, 0.6) is 0 Å². The van der Waals surface area contributed by atoms with Gasteiger partial charge < -0.3 is 20.5 Å². The van der Waals surface area contributed by atoms with E-state index in [0.717, 1.165) is 52.2 Å². The predicted molar refractivity (Wildman–Crippen MR) is 103 cm³/mol. The summed E-state index contributed by atoms with van der Waals surface area (Å²) in [6, 6.07) is 2.73. The molecule has 2 saturated heterocycles. The number of hydrogen-bond donors (Lipinski definition) is 3. The van der Waals surface area contributed by atoms with Gasteiger partial charge in [-0.05, 0) is 40.0 Å². The maximum absolute atomic E-state index is 9.20. The number of aliphatic hydroxyl groups is 1. The molecule has 0 aromatic heterocycles. The summed E-state index contributed by atoms with van der Waals surface area (Å²) in [5, 5.41) is 16.5. The first-order valence-corrected chi connectivity index (χ1v) is 10.1. The molecule has 0 spiro atoms. The van der Waals surface area contributed by atoms with Gasteiger partial charge in [0, 0.05) is 83.3 Å². The highest BCUT2D eigenvalue weighted by Gasteiger charge is 2.32. The summed E-state index contributed by atoms with van der Waals surface area (Å²) >= 11 is 0. The Morgan fingerprint density at radius 1 is 1.12 bits per heavy atom. The van der Waals surface area contributed by atoms with Gasteiger partial charge in [-0.1, -0.05) is 0 Å². The fourth-order valence-corrected chi connectivity index (χ4v) is 4.34. The minimum Gasteiger partial charge on any atom is -0.396 e. The molecule has 3 N–H and O–H groups in total. The van der Waals surface area contributed by atoms with Crippen LogP contribution >= 0.6 is 0 Å². The van der Waals surface area contributed by atoms with Gasteiger partial charge in [-0.15, -0.1) is 0 Å². The summed E-state index contributed by atoms with van der Waals surface area (Å²) in [4.78, 5) is 5.28. The van der Waals surface area contributed by atoms with Crippen molar-refractivity contribution in [2.75, 3.05) is 53.0 Å². The minimum absolute atomic E-state index is 0.274. The van der Waals surface area contributed by atoms with Gasteiger partial charge in [0.25, 0.3) is 0 Å². The highest BCUT2D eigenvalue weighted by molar-refractivity contribution is 4.91. The molecule has 0 radical (unpaired) electrons. The lowest BCUT2D eigenvalue weighted by Gasteiger charge is -2.46. The SMILES string of the molecule is COCC[C@@H]1CN(C(C)C)C(CC(C)N2CCN[C@H](CCO)C2)CN1. The molecule has 2 aliphatic rings. The van der Waals surface area contributed by atoms with Crippen molar-refractivity contribution in [3.63, 3.8) is 0 Å². The summed E-state index contributed by atoms with van der Waals surface area (Å²) in [5.41, 5.74) is 0. The average Bonchev–Trinajstić information content (AvgIpc) is 2.61. The van der Waals surface area contributed by atoms with Gasteiger partial charge in [0.1, 0.15) is 0 Å². The maximum Gasteiger partial charge on any atom is 0.0477 e. The van der Waals surface area contributed by atoms with E-state index in [1.165, 1.54) is 6.42 Å². The van der Waals surface area contributed by atoms with Crippen LogP contribution in [0.3, 0.4) is 0 Å². The van der Waals surface area contributed by atoms with Crippen LogP contribution in [0, 0.1) is 0 Å². The first kappa shape index (κ1) is 21.1. The molecule has 0 bridgehead atoms. The monoisotopic (exact) mass is 356 g/mol. The standard InChI is InChI=1S/C19H40N4O2/c1-15(2)23-14-18(6-10-25-4)21-12-19(23)11-16(3)22-8-7-20-17(13-22)5-9-24/h15-21,24H,5-14H2,1-4H3/t16?,17-,18-,19?/m1/s1. The Labute approximate surface area is 154 Å². The summed E-state index contributed by atoms with van der Waals surface area (Å²) < 4.78 is 5.25. The highest BCUT2D eigenvalue weighted by atomic mass is 16.5. The van der Waals surface area contributed by atoms with Crippen LogP contribution in [-0.2, 0) is 4.74 Å². The van der Waals surface area contributed by atoms with E-state index in [1.54, 1.807) is 7.11 Å². The molecule has 0 aliphatic carbocycles. The summed E-state index contributed by atoms with van der Waals surface area (Å²) in [7, 11) is 1.78. The van der Waals surface area contributed by atoms with Crippen LogP contribution in [0.25, 0.3) is 0 Å². The normalized spacial score (nSPS) is 30.7. The quantitative estimate of drug-likeness (QED) is 0.560. The number of nitrogens with zero attached hydrogens (tertiary/aromatic N) is 2. The molecule has 6 nitrogen and oxygen atoms in total. The zero-order chi connectivity index (χ0) is 18.2. The van der Waals surface area contributed by atoms with Crippen LogP contribution in [-0.4, -0.2) is 98.2 Å². The third kappa shape index (κ3) is 6.45. The van der Waals surface area contributed by atoms with Gasteiger partial charge in [-0.25, -0.2) is 0 Å². The second-order valence-electron chi connectivity index (χ2n) is 8.07. The van der Waals surface area contributed by atoms with Gasteiger partial charge in [-0.2, -0.15) is 0 Å². The first-order valence-electron chi connectivity index (χ1n) is 10.1. The van der Waals surface area contributed by atoms with E-state index < -0.39 is 0 Å². The third-order valence-corrected chi connectivity index (χ3v) is 5.88. The molecule has 6 heteroatoms. The molecule has 2 rings (SSSR count). The van der Waals surface area contributed by atoms with Gasteiger partial charge in [-0.3, -0.25) is 9.80 Å². The Balaban J connectivity index is 1.86. The van der Waals surface area contributed by atoms with Crippen molar-refractivity contribution >= 4 is 0 Å². The van der Waals surface area contributed by atoms with Crippen LogP contribution in [0.2, 0.25) is 0 Å². The third-order valence-electron chi connectivity index (χ3n) is 5.88. The maximum atomic E-state index is 9.20. The largest absolute Gasteiger partial charge is 0.396 e. The predicted octanol–water partition coefficient (Wildman–Crippen LogP) is 0.509. The Bertz CT molecular complexity index is 367. The fourth-order valence-electron chi connectivity index (χ4n) is 4.34. The number of hydrogen-bond acceptors (Lipinski definition) is 6. The lowest BCUT2D eigenvalue weighted by molar-refractivity contribution is 0.0518. The summed E-state index contributed by atoms with van der Waals surface area (Å²) in [5.74, 6) is 0. The van der Waals surface area contributed by atoms with Gasteiger partial charge >= 0.3 is 0 Å². The zero-order valence-electron chi connectivity index (χ0n) is 16.7. The molecule has 4 atom stereocenters. The molecule has 2 aliphatic heterocycles. The Hall–Kier alpha value is -0.240. The lowest BCUT2D eigenvalue weighted by atomic mass is 9.97. The summed E-state index contributed by atoms with van der Waals surface area (Å²) in [6.07, 6.45) is 3.14. The van der Waals surface area contributed by atoms with Crippen molar-refractivity contribution in [1.82, 2.24) is 20.4 Å². The summed E-state index contributed by atoms with van der Waals surface area (Å²) in [6.45, 7) is 13.5. The van der Waals surface area contributed by atoms with E-state index in [0.29, 0.717) is 30.2 Å². The number of rotatable bonds is 9. The van der Waals surface area contributed by atoms with Crippen LogP contribution in [0.1, 0.15) is 40.0 Å². The van der Waals surface area contributed by atoms with Crippen LogP contribution in [0.4, 0.5) is 0 Å². The Kier molecular flexibility index (Phi) is 9.10. The smallest absolute Gasteiger partial charge is 0.0477 e. The molecule has 0 aromatic carbocycles. The molecular formula is C19H40N4O2. The van der Waals surface area contributed by atoms with E-state index in [2.05, 4.69) is 41.2 Å². The van der Waals surface area contributed by atoms with Crippen LogP contribution < -0.4 is 10.6 Å².